The number of hydrogen-bond donors (Lipinski definition) is 4. The summed E-state index contributed by atoms with van der Waals surface area (Å²) in [6, 6.07) is 15.0. The molecule has 0 heterocycles. The van der Waals surface area contributed by atoms with Crippen molar-refractivity contribution in [3.05, 3.63) is 95.1 Å². The predicted molar refractivity (Wildman–Crippen MR) is 168 cm³/mol. The van der Waals surface area contributed by atoms with E-state index in [2.05, 4.69) is 13.2 Å². The number of rotatable bonds is 3. The first-order chi connectivity index (χ1) is 19.1. The first-order valence-electron chi connectivity index (χ1n) is 13.2. The predicted octanol–water partition coefficient (Wildman–Crippen LogP) is 9.31. The van der Waals surface area contributed by atoms with Crippen LogP contribution in [0.4, 0.5) is 0 Å². The van der Waals surface area contributed by atoms with Crippen LogP contribution in [0.5, 0.6) is 23.0 Å². The van der Waals surface area contributed by atoms with Crippen molar-refractivity contribution in [2.45, 2.75) is 27.7 Å². The number of phenolic OH excluding ortho intramolecular Hbond substituents is 4. The molecule has 198 valence electrons. The van der Waals surface area contributed by atoms with Crippen molar-refractivity contribution < 1.29 is 20.4 Å². The second kappa shape index (κ2) is 8.78. The third-order valence-corrected chi connectivity index (χ3v) is 8.61. The Morgan fingerprint density at radius 2 is 0.875 bits per heavy atom. The van der Waals surface area contributed by atoms with Gasteiger partial charge in [0.05, 0.1) is 0 Å². The lowest BCUT2D eigenvalue weighted by Gasteiger charge is -2.23. The summed E-state index contributed by atoms with van der Waals surface area (Å²) in [7, 11) is 0. The Morgan fingerprint density at radius 3 is 1.43 bits per heavy atom. The van der Waals surface area contributed by atoms with E-state index < -0.39 is 0 Å². The van der Waals surface area contributed by atoms with Crippen LogP contribution in [0.15, 0.2) is 61.7 Å². The Hall–Kier alpha value is -4.96. The van der Waals surface area contributed by atoms with E-state index in [4.69, 9.17) is 0 Å². The molecular weight excluding hydrogens is 496 g/mol. The van der Waals surface area contributed by atoms with E-state index in [1.807, 2.05) is 64.1 Å². The average molecular weight is 527 g/mol. The summed E-state index contributed by atoms with van der Waals surface area (Å²) >= 11 is 0. The Labute approximate surface area is 232 Å². The van der Waals surface area contributed by atoms with Gasteiger partial charge in [0.25, 0.3) is 0 Å². The molecule has 0 saturated heterocycles. The van der Waals surface area contributed by atoms with Crippen molar-refractivity contribution in [3.63, 3.8) is 0 Å². The Morgan fingerprint density at radius 1 is 0.450 bits per heavy atom. The fourth-order valence-corrected chi connectivity index (χ4v) is 6.36. The summed E-state index contributed by atoms with van der Waals surface area (Å²) in [6.07, 6.45) is 3.49. The maximum absolute atomic E-state index is 11.9. The van der Waals surface area contributed by atoms with Crippen molar-refractivity contribution in [2.75, 3.05) is 0 Å². The molecule has 0 spiro atoms. The van der Waals surface area contributed by atoms with Crippen LogP contribution in [-0.4, -0.2) is 20.4 Å². The van der Waals surface area contributed by atoms with Crippen LogP contribution in [0.25, 0.3) is 66.4 Å². The Bertz CT molecular complexity index is 2120. The van der Waals surface area contributed by atoms with Gasteiger partial charge in [-0.3, -0.25) is 0 Å². The maximum atomic E-state index is 11.9. The molecule has 0 aliphatic rings. The largest absolute Gasteiger partial charge is 0.508 e. The van der Waals surface area contributed by atoms with E-state index in [-0.39, 0.29) is 23.0 Å². The van der Waals surface area contributed by atoms with E-state index in [1.54, 1.807) is 24.3 Å². The molecule has 0 amide bonds. The molecule has 0 radical (unpaired) electrons. The van der Waals surface area contributed by atoms with Gasteiger partial charge in [0.2, 0.25) is 0 Å². The Balaban J connectivity index is 1.95. The molecule has 0 aliphatic carbocycles. The summed E-state index contributed by atoms with van der Waals surface area (Å²) < 4.78 is 0. The molecular formula is C36H30O4. The van der Waals surface area contributed by atoms with Crippen molar-refractivity contribution in [1.82, 2.24) is 0 Å². The molecule has 0 fully saturated rings. The van der Waals surface area contributed by atoms with E-state index >= 15 is 0 Å². The van der Waals surface area contributed by atoms with Gasteiger partial charge in [0.15, 0.2) is 0 Å². The number of fused-ring (bicyclic) bond motifs is 6. The van der Waals surface area contributed by atoms with Crippen LogP contribution in [0.3, 0.4) is 0 Å². The molecule has 6 aromatic rings. The standard InChI is InChI=1S/C36H30O4/c1-7-21-19(5)36(40)34(32-25(21)11-9-24-18(4)30(38)16-14-27(24)32)33-28-12-10-23-17(3)29(37)15-13-26(23)31(28)22(8-2)20(6)35(33)39/h7-16,37-40H,1-2H2,3-6H3. The van der Waals surface area contributed by atoms with Crippen LogP contribution in [-0.2, 0) is 0 Å². The van der Waals surface area contributed by atoms with Gasteiger partial charge in [0, 0.05) is 16.5 Å². The Kier molecular flexibility index (Phi) is 5.56. The zero-order valence-corrected chi connectivity index (χ0v) is 23.0. The van der Waals surface area contributed by atoms with E-state index in [0.29, 0.717) is 22.3 Å². The van der Waals surface area contributed by atoms with Gasteiger partial charge >= 0.3 is 0 Å². The molecule has 4 N–H and O–H groups in total. The number of benzene rings is 6. The van der Waals surface area contributed by atoms with Crippen LogP contribution in [0.1, 0.15) is 33.4 Å². The van der Waals surface area contributed by atoms with Crippen LogP contribution in [0, 0.1) is 27.7 Å². The SMILES string of the molecule is C=Cc1c(C)c(O)c(-c2c(O)c(C)c(C=C)c3c2ccc2c(C)c(O)ccc23)c2c1ccc1c(C)c(O)ccc12. The maximum Gasteiger partial charge on any atom is 0.127 e. The highest BCUT2D eigenvalue weighted by molar-refractivity contribution is 6.25. The van der Waals surface area contributed by atoms with Crippen LogP contribution in [0.2, 0.25) is 0 Å². The summed E-state index contributed by atoms with van der Waals surface area (Å²) in [6.45, 7) is 15.5. The summed E-state index contributed by atoms with van der Waals surface area (Å²) in [4.78, 5) is 0. The number of phenols is 4. The molecule has 4 heteroatoms. The minimum atomic E-state index is 0.0602. The first-order valence-corrected chi connectivity index (χ1v) is 13.2. The van der Waals surface area contributed by atoms with Gasteiger partial charge in [-0.1, -0.05) is 61.7 Å². The van der Waals surface area contributed by atoms with Crippen molar-refractivity contribution >= 4 is 55.2 Å². The van der Waals surface area contributed by atoms with Crippen LogP contribution >= 0.6 is 0 Å². The summed E-state index contributed by atoms with van der Waals surface area (Å²) in [5, 5.41) is 51.4. The monoisotopic (exact) mass is 526 g/mol. The van der Waals surface area contributed by atoms with E-state index in [9.17, 15) is 20.4 Å². The number of hydrogen-bond acceptors (Lipinski definition) is 4. The highest BCUT2D eigenvalue weighted by atomic mass is 16.3. The van der Waals surface area contributed by atoms with Gasteiger partial charge in [-0.25, -0.2) is 0 Å². The molecule has 0 bridgehead atoms. The quantitative estimate of drug-likeness (QED) is 0.173. The second-order valence-electron chi connectivity index (χ2n) is 10.5. The molecule has 6 rings (SSSR count). The molecule has 40 heavy (non-hydrogen) atoms. The average Bonchev–Trinajstić information content (AvgIpc) is 2.95. The number of aromatic hydroxyl groups is 4. The molecule has 0 unspecified atom stereocenters. The molecule has 6 aromatic carbocycles. The smallest absolute Gasteiger partial charge is 0.127 e. The normalized spacial score (nSPS) is 11.6. The lowest BCUT2D eigenvalue weighted by molar-refractivity contribution is 0.466. The second-order valence-corrected chi connectivity index (χ2v) is 10.5. The third-order valence-electron chi connectivity index (χ3n) is 8.61. The molecule has 0 aromatic heterocycles. The van der Waals surface area contributed by atoms with Crippen molar-refractivity contribution in [3.8, 4) is 34.1 Å². The van der Waals surface area contributed by atoms with Gasteiger partial charge in [0.1, 0.15) is 23.0 Å². The molecule has 0 atom stereocenters. The number of aryl methyl sites for hydroxylation is 2. The lowest BCUT2D eigenvalue weighted by Crippen LogP contribution is -1.97. The third kappa shape index (κ3) is 3.19. The minimum absolute atomic E-state index is 0.0602. The van der Waals surface area contributed by atoms with E-state index in [0.717, 1.165) is 65.3 Å². The fraction of sp³-hybridized carbons (Fsp3) is 0.111. The zero-order chi connectivity index (χ0) is 28.6. The zero-order valence-electron chi connectivity index (χ0n) is 23.0. The lowest BCUT2D eigenvalue weighted by atomic mass is 9.82. The fourth-order valence-electron chi connectivity index (χ4n) is 6.36. The van der Waals surface area contributed by atoms with Gasteiger partial charge in [-0.2, -0.15) is 0 Å². The van der Waals surface area contributed by atoms with Crippen molar-refractivity contribution in [2.24, 2.45) is 0 Å². The molecule has 0 aliphatic heterocycles. The van der Waals surface area contributed by atoms with Gasteiger partial charge in [-0.15, -0.1) is 0 Å². The van der Waals surface area contributed by atoms with E-state index in [1.165, 1.54) is 0 Å². The highest BCUT2D eigenvalue weighted by Gasteiger charge is 2.26. The first kappa shape index (κ1) is 25.3. The summed E-state index contributed by atoms with van der Waals surface area (Å²) in [5.41, 5.74) is 5.44. The van der Waals surface area contributed by atoms with Crippen molar-refractivity contribution in [1.29, 1.82) is 0 Å². The summed E-state index contributed by atoms with van der Waals surface area (Å²) in [5.74, 6) is 0.530. The van der Waals surface area contributed by atoms with Gasteiger partial charge < -0.3 is 20.4 Å². The van der Waals surface area contributed by atoms with Gasteiger partial charge in [-0.05, 0) is 111 Å². The molecule has 4 nitrogen and oxygen atoms in total. The topological polar surface area (TPSA) is 80.9 Å². The molecule has 0 saturated carbocycles. The van der Waals surface area contributed by atoms with Crippen LogP contribution < -0.4 is 0 Å². The highest BCUT2D eigenvalue weighted by Crippen LogP contribution is 2.52. The minimum Gasteiger partial charge on any atom is -0.508 e.